The third-order valence-electron chi connectivity index (χ3n) is 7.83. The van der Waals surface area contributed by atoms with Crippen molar-refractivity contribution in [3.8, 4) is 5.88 Å². The zero-order valence-electron chi connectivity index (χ0n) is 22.9. The first kappa shape index (κ1) is 30.6. The molecule has 9 N–H and O–H groups in total. The molecular formula is C23H31N10O10P. The van der Waals surface area contributed by atoms with Crippen molar-refractivity contribution >= 4 is 37.7 Å². The Bertz CT molecular complexity index is 1670. The maximum absolute atomic E-state index is 12.2. The molecule has 2 aliphatic heterocycles. The first-order valence-corrected chi connectivity index (χ1v) is 13.9. The highest BCUT2D eigenvalue weighted by atomic mass is 31.0. The second-order valence-corrected chi connectivity index (χ2v) is 10.8. The monoisotopic (exact) mass is 638 g/mol. The van der Waals surface area contributed by atoms with Crippen molar-refractivity contribution in [2.75, 3.05) is 18.9 Å². The zero-order chi connectivity index (χ0) is 31.1. The molecule has 4 aromatic rings. The summed E-state index contributed by atoms with van der Waals surface area (Å²) in [5.74, 6) is -1.06. The van der Waals surface area contributed by atoms with Crippen molar-refractivity contribution in [1.29, 1.82) is 0 Å². The normalized spacial score (nSPS) is 29.7. The van der Waals surface area contributed by atoms with E-state index in [1.807, 2.05) is 0 Å². The second kappa shape index (κ2) is 12.5. The van der Waals surface area contributed by atoms with Gasteiger partial charge < -0.3 is 45.5 Å². The number of imidazole rings is 2. The van der Waals surface area contributed by atoms with Crippen molar-refractivity contribution in [2.45, 2.75) is 62.0 Å². The molecule has 0 radical (unpaired) electrons. The number of aromatic amines is 1. The van der Waals surface area contributed by atoms with Gasteiger partial charge in [-0.05, 0) is 6.42 Å². The quantitative estimate of drug-likeness (QED) is 0.0409. The molecule has 0 bridgehead atoms. The minimum absolute atomic E-state index is 0.0127. The summed E-state index contributed by atoms with van der Waals surface area (Å²) in [4.78, 5) is 39.2. The molecule has 2 aliphatic rings. The van der Waals surface area contributed by atoms with Gasteiger partial charge in [0.25, 0.3) is 5.56 Å². The van der Waals surface area contributed by atoms with Crippen molar-refractivity contribution in [1.82, 2.24) is 39.0 Å². The maximum Gasteiger partial charge on any atom is 0.280 e. The van der Waals surface area contributed by atoms with Gasteiger partial charge in [0.05, 0.1) is 44.1 Å². The molecule has 10 atom stereocenters. The third-order valence-corrected chi connectivity index (χ3v) is 8.02. The number of aromatic hydroxyl groups is 1. The minimum Gasteiger partial charge on any atom is -0.492 e. The number of nitrogens with two attached hydrogens (primary N) is 2. The van der Waals surface area contributed by atoms with E-state index >= 15 is 0 Å². The average Bonchev–Trinajstić information content (AvgIpc) is 3.75. The standard InChI is InChI=1S/C23H31N10O10P/c24-12-9(41-22(16(12)43-38)33-7-29-14-18(33)30-23(25)31-20(14)37)1-2-11(34)39-3-8-10(4-40-44)42-21(15(8)35)32-6-28-13-17(32)26-5-27-19(13)36/h5-12,15-16,21-22,34-35,38H,1-4,24,44H2,(H,26,27,36)(H3,25,30,31,37)/t8-,9-,10-,11?,12-,15-,16-,21-,22-/m1/s1. The summed E-state index contributed by atoms with van der Waals surface area (Å²) >= 11 is 0. The van der Waals surface area contributed by atoms with Crippen LogP contribution in [0.1, 0.15) is 25.3 Å². The lowest BCUT2D eigenvalue weighted by molar-refractivity contribution is -0.295. The Labute approximate surface area is 249 Å². The van der Waals surface area contributed by atoms with Crippen molar-refractivity contribution in [3.63, 3.8) is 0 Å². The minimum atomic E-state index is -1.28. The number of hydrogen-bond donors (Lipinski definition) is 7. The predicted molar refractivity (Wildman–Crippen MR) is 149 cm³/mol. The number of fused-ring (bicyclic) bond motifs is 2. The molecule has 44 heavy (non-hydrogen) atoms. The molecule has 21 heteroatoms. The van der Waals surface area contributed by atoms with E-state index in [0.29, 0.717) is 0 Å². The Hall–Kier alpha value is -3.43. The molecule has 6 heterocycles. The van der Waals surface area contributed by atoms with E-state index in [1.54, 1.807) is 0 Å². The SMILES string of the molecule is Nc1nc2c(ncn2[C@@H]2O[C@H](CCC(O)OC[C@H]3[C@@H](O)[C@H](n4cnc5c(O)ncnc54)O[C@@H]3COP)[C@@H](N)[C@H]2OO)c(=O)[nH]1. The van der Waals surface area contributed by atoms with Gasteiger partial charge in [-0.3, -0.25) is 24.2 Å². The van der Waals surface area contributed by atoms with Crippen LogP contribution in [0.5, 0.6) is 5.88 Å². The summed E-state index contributed by atoms with van der Waals surface area (Å²) in [6, 6.07) is -0.836. The Morgan fingerprint density at radius 2 is 1.80 bits per heavy atom. The largest absolute Gasteiger partial charge is 0.492 e. The first-order valence-electron chi connectivity index (χ1n) is 13.5. The van der Waals surface area contributed by atoms with Crippen LogP contribution in [0.3, 0.4) is 0 Å². The van der Waals surface area contributed by atoms with Gasteiger partial charge in [0, 0.05) is 21.8 Å². The number of nitrogens with zero attached hydrogens (tertiary/aromatic N) is 7. The van der Waals surface area contributed by atoms with E-state index in [9.17, 15) is 25.4 Å². The number of ether oxygens (including phenoxy) is 3. The van der Waals surface area contributed by atoms with Crippen LogP contribution in [0, 0.1) is 5.92 Å². The second-order valence-electron chi connectivity index (χ2n) is 10.4. The van der Waals surface area contributed by atoms with Gasteiger partial charge in [-0.1, -0.05) is 0 Å². The number of nitrogen functional groups attached to an aromatic ring is 1. The Morgan fingerprint density at radius 1 is 1.07 bits per heavy atom. The summed E-state index contributed by atoms with van der Waals surface area (Å²) in [5, 5.41) is 41.4. The number of hydrogen-bond acceptors (Lipinski definition) is 17. The lowest BCUT2D eigenvalue weighted by atomic mass is 9.99. The highest BCUT2D eigenvalue weighted by molar-refractivity contribution is 7.09. The lowest BCUT2D eigenvalue weighted by Gasteiger charge is -2.23. The predicted octanol–water partition coefficient (Wildman–Crippen LogP) is -1.87. The molecule has 2 saturated heterocycles. The van der Waals surface area contributed by atoms with E-state index in [-0.39, 0.29) is 60.2 Å². The van der Waals surface area contributed by atoms with E-state index < -0.39 is 60.7 Å². The van der Waals surface area contributed by atoms with Gasteiger partial charge >= 0.3 is 0 Å². The van der Waals surface area contributed by atoms with Crippen LogP contribution in [0.2, 0.25) is 0 Å². The zero-order valence-corrected chi connectivity index (χ0v) is 24.0. The van der Waals surface area contributed by atoms with Crippen LogP contribution in [-0.4, -0.2) is 110 Å². The molecule has 0 saturated carbocycles. The van der Waals surface area contributed by atoms with E-state index in [4.69, 9.17) is 30.2 Å². The number of anilines is 1. The van der Waals surface area contributed by atoms with E-state index in [2.05, 4.69) is 44.3 Å². The van der Waals surface area contributed by atoms with Gasteiger partial charge in [0.1, 0.15) is 12.4 Å². The van der Waals surface area contributed by atoms with Gasteiger partial charge in [-0.25, -0.2) is 19.8 Å². The van der Waals surface area contributed by atoms with Gasteiger partial charge in [-0.15, -0.1) is 0 Å². The fraction of sp³-hybridized carbons (Fsp3) is 0.565. The fourth-order valence-corrected chi connectivity index (χ4v) is 5.80. The number of aromatic nitrogens is 8. The topological polar surface area (TPSA) is 286 Å². The van der Waals surface area contributed by atoms with Crippen LogP contribution in [-0.2, 0) is 23.6 Å². The molecule has 0 aromatic carbocycles. The highest BCUT2D eigenvalue weighted by Crippen LogP contribution is 2.37. The maximum atomic E-state index is 12.2. The first-order chi connectivity index (χ1) is 21.2. The molecule has 2 unspecified atom stereocenters. The number of rotatable bonds is 11. The third kappa shape index (κ3) is 5.49. The Kier molecular flexibility index (Phi) is 8.70. The lowest BCUT2D eigenvalue weighted by Crippen LogP contribution is -2.41. The van der Waals surface area contributed by atoms with E-state index in [0.717, 1.165) is 0 Å². The van der Waals surface area contributed by atoms with Gasteiger partial charge in [-0.2, -0.15) is 9.97 Å². The molecule has 0 amide bonds. The van der Waals surface area contributed by atoms with Gasteiger partial charge in [0.15, 0.2) is 47.2 Å². The number of aliphatic hydroxyl groups is 2. The van der Waals surface area contributed by atoms with Crippen LogP contribution in [0.25, 0.3) is 22.3 Å². The van der Waals surface area contributed by atoms with Crippen molar-refractivity contribution in [3.05, 3.63) is 29.3 Å². The van der Waals surface area contributed by atoms with Crippen LogP contribution >= 0.6 is 9.47 Å². The van der Waals surface area contributed by atoms with Crippen LogP contribution < -0.4 is 17.0 Å². The Balaban J connectivity index is 1.09. The molecule has 20 nitrogen and oxygen atoms in total. The van der Waals surface area contributed by atoms with Crippen molar-refractivity contribution < 1.29 is 44.2 Å². The number of aliphatic hydroxyl groups excluding tert-OH is 2. The Morgan fingerprint density at radius 3 is 2.55 bits per heavy atom. The summed E-state index contributed by atoms with van der Waals surface area (Å²) < 4.78 is 25.8. The summed E-state index contributed by atoms with van der Waals surface area (Å²) in [5.41, 5.74) is 12.0. The molecule has 0 aliphatic carbocycles. The number of H-pyrrole nitrogens is 1. The van der Waals surface area contributed by atoms with Gasteiger partial charge in [0.2, 0.25) is 11.8 Å². The van der Waals surface area contributed by atoms with Crippen LogP contribution in [0.15, 0.2) is 23.8 Å². The summed E-state index contributed by atoms with van der Waals surface area (Å²) in [7, 11) is 2.12. The van der Waals surface area contributed by atoms with E-state index in [1.165, 1.54) is 28.1 Å². The molecule has 4 aromatic heterocycles. The molecule has 6 rings (SSSR count). The smallest absolute Gasteiger partial charge is 0.280 e. The fourth-order valence-electron chi connectivity index (χ4n) is 5.61. The molecule has 0 spiro atoms. The summed E-state index contributed by atoms with van der Waals surface area (Å²) in [6.07, 6.45) is -2.61. The van der Waals surface area contributed by atoms with Crippen molar-refractivity contribution in [2.24, 2.45) is 11.7 Å². The average molecular weight is 639 g/mol. The highest BCUT2D eigenvalue weighted by Gasteiger charge is 2.47. The van der Waals surface area contributed by atoms with Crippen LogP contribution in [0.4, 0.5) is 5.95 Å². The summed E-state index contributed by atoms with van der Waals surface area (Å²) in [6.45, 7) is -0.00510. The molecule has 238 valence electrons. The molecular weight excluding hydrogens is 607 g/mol. The molecule has 2 fully saturated rings. The number of nitrogens with one attached hydrogen (secondary N) is 1.